The van der Waals surface area contributed by atoms with Gasteiger partial charge in [-0.2, -0.15) is 0 Å². The zero-order valence-corrected chi connectivity index (χ0v) is 18.6. The fraction of sp³-hybridized carbons (Fsp3) is 0.615. The molecule has 0 aliphatic heterocycles. The second-order valence-corrected chi connectivity index (χ2v) is 13.2. The van der Waals surface area contributed by atoms with Crippen molar-refractivity contribution in [1.82, 2.24) is 4.98 Å². The van der Waals surface area contributed by atoms with Gasteiger partial charge in [0.05, 0.1) is 20.4 Å². The van der Waals surface area contributed by atoms with E-state index >= 15 is 0 Å². The molecule has 22 heavy (non-hydrogen) atoms. The molecule has 0 N–H and O–H groups in total. The molecule has 5 nitrogen and oxygen atoms in total. The van der Waals surface area contributed by atoms with Crippen LogP contribution >= 0.6 is 53.3 Å². The van der Waals surface area contributed by atoms with Gasteiger partial charge in [0.2, 0.25) is 0 Å². The molecule has 0 spiro atoms. The highest BCUT2D eigenvalue weighted by atomic mass is 127. The third-order valence-corrected chi connectivity index (χ3v) is 10.6. The molecule has 0 aliphatic rings. The molecule has 0 saturated heterocycles. The Morgan fingerprint density at radius 1 is 1.27 bits per heavy atom. The van der Waals surface area contributed by atoms with Crippen molar-refractivity contribution in [2.24, 2.45) is 0 Å². The van der Waals surface area contributed by atoms with Crippen molar-refractivity contribution >= 4 is 53.3 Å². The summed E-state index contributed by atoms with van der Waals surface area (Å²) in [6.07, 6.45) is 2.05. The molecule has 0 bridgehead atoms. The van der Waals surface area contributed by atoms with E-state index in [0.29, 0.717) is 11.0 Å². The van der Waals surface area contributed by atoms with Gasteiger partial charge in [-0.3, -0.25) is 4.57 Å². The van der Waals surface area contributed by atoms with E-state index in [4.69, 9.17) is 9.05 Å². The van der Waals surface area contributed by atoms with Gasteiger partial charge in [0, 0.05) is 9.77 Å². The standard InChI is InChI=1S/C13H21BrINO4P2/c1-5-19-22(18,20-6-2)12(21(3,4)17)8-10-7-11(15)9-16-13(10)14/h7,9,12H,5-6,8H2,1-4H3. The van der Waals surface area contributed by atoms with Crippen molar-refractivity contribution in [3.63, 3.8) is 0 Å². The van der Waals surface area contributed by atoms with Crippen molar-refractivity contribution in [2.45, 2.75) is 25.7 Å². The fourth-order valence-corrected chi connectivity index (χ4v) is 8.26. The van der Waals surface area contributed by atoms with Crippen LogP contribution < -0.4 is 0 Å². The molecule has 1 aromatic heterocycles. The normalized spacial score (nSPS) is 14.1. The van der Waals surface area contributed by atoms with E-state index in [1.54, 1.807) is 33.4 Å². The lowest BCUT2D eigenvalue weighted by atomic mass is 10.2. The van der Waals surface area contributed by atoms with Crippen LogP contribution in [0.4, 0.5) is 0 Å². The van der Waals surface area contributed by atoms with Gasteiger partial charge in [0.1, 0.15) is 10.0 Å². The van der Waals surface area contributed by atoms with Gasteiger partial charge >= 0.3 is 7.60 Å². The average molecular weight is 524 g/mol. The first-order valence-electron chi connectivity index (χ1n) is 6.87. The Kier molecular flexibility index (Phi) is 8.24. The molecule has 0 aliphatic carbocycles. The lowest BCUT2D eigenvalue weighted by Crippen LogP contribution is -2.17. The Hall–Kier alpha value is 0.740. The van der Waals surface area contributed by atoms with Crippen molar-refractivity contribution in [1.29, 1.82) is 0 Å². The minimum absolute atomic E-state index is 0.250. The summed E-state index contributed by atoms with van der Waals surface area (Å²) in [5, 5.41) is -0.684. The summed E-state index contributed by atoms with van der Waals surface area (Å²) in [5.74, 6) is 0. The fourth-order valence-electron chi connectivity index (χ4n) is 2.05. The summed E-state index contributed by atoms with van der Waals surface area (Å²) >= 11 is 5.56. The third kappa shape index (κ3) is 5.67. The van der Waals surface area contributed by atoms with E-state index in [2.05, 4.69) is 43.5 Å². The largest absolute Gasteiger partial charge is 0.341 e. The van der Waals surface area contributed by atoms with Gasteiger partial charge in [0.25, 0.3) is 0 Å². The number of pyridine rings is 1. The highest BCUT2D eigenvalue weighted by molar-refractivity contribution is 14.1. The molecular weight excluding hydrogens is 503 g/mol. The van der Waals surface area contributed by atoms with Crippen LogP contribution in [0.5, 0.6) is 0 Å². The molecule has 0 fully saturated rings. The molecule has 1 aromatic rings. The van der Waals surface area contributed by atoms with Crippen LogP contribution in [0, 0.1) is 3.57 Å². The molecule has 1 atom stereocenters. The number of hydrogen-bond acceptors (Lipinski definition) is 5. The molecule has 0 radical (unpaired) electrons. The van der Waals surface area contributed by atoms with Crippen LogP contribution in [0.1, 0.15) is 19.4 Å². The number of hydrogen-bond donors (Lipinski definition) is 0. The molecule has 126 valence electrons. The first kappa shape index (κ1) is 20.8. The van der Waals surface area contributed by atoms with Crippen molar-refractivity contribution in [3.8, 4) is 0 Å². The van der Waals surface area contributed by atoms with Crippen LogP contribution in [0.15, 0.2) is 16.9 Å². The van der Waals surface area contributed by atoms with E-state index in [9.17, 15) is 9.13 Å². The summed E-state index contributed by atoms with van der Waals surface area (Å²) in [7, 11) is -6.19. The minimum Gasteiger partial charge on any atom is -0.323 e. The lowest BCUT2D eigenvalue weighted by molar-refractivity contribution is 0.217. The van der Waals surface area contributed by atoms with Gasteiger partial charge in [-0.1, -0.05) is 0 Å². The molecule has 0 aromatic carbocycles. The number of rotatable bonds is 8. The van der Waals surface area contributed by atoms with Crippen LogP contribution in [0.25, 0.3) is 0 Å². The van der Waals surface area contributed by atoms with Crippen LogP contribution in [-0.4, -0.2) is 36.9 Å². The molecule has 9 heteroatoms. The molecule has 0 saturated carbocycles. The van der Waals surface area contributed by atoms with Crippen molar-refractivity contribution in [3.05, 3.63) is 26.0 Å². The molecule has 1 heterocycles. The zero-order chi connectivity index (χ0) is 17.0. The second kappa shape index (κ2) is 8.72. The first-order chi connectivity index (χ1) is 10.1. The lowest BCUT2D eigenvalue weighted by Gasteiger charge is -2.29. The quantitative estimate of drug-likeness (QED) is 0.266. The Labute approximate surface area is 154 Å². The summed E-state index contributed by atoms with van der Waals surface area (Å²) in [5.41, 5.74) is 0.848. The second-order valence-electron chi connectivity index (χ2n) is 5.10. The number of halogens is 2. The van der Waals surface area contributed by atoms with Gasteiger partial charge in [-0.25, -0.2) is 4.98 Å². The molecule has 1 rings (SSSR count). The summed E-state index contributed by atoms with van der Waals surface area (Å²) < 4.78 is 38.3. The number of nitrogens with zero attached hydrogens (tertiary/aromatic N) is 1. The zero-order valence-electron chi connectivity index (χ0n) is 13.1. The monoisotopic (exact) mass is 523 g/mol. The topological polar surface area (TPSA) is 65.5 Å². The van der Waals surface area contributed by atoms with E-state index in [1.165, 1.54) is 0 Å². The summed E-state index contributed by atoms with van der Waals surface area (Å²) in [6, 6.07) is 1.93. The summed E-state index contributed by atoms with van der Waals surface area (Å²) in [4.78, 5) is 4.24. The Morgan fingerprint density at radius 2 is 1.82 bits per heavy atom. The Bertz CT molecular complexity index is 598. The van der Waals surface area contributed by atoms with Gasteiger partial charge < -0.3 is 13.6 Å². The smallest absolute Gasteiger partial charge is 0.323 e. The summed E-state index contributed by atoms with van der Waals surface area (Å²) in [6.45, 7) is 7.25. The van der Waals surface area contributed by atoms with E-state index in [-0.39, 0.29) is 13.2 Å². The molecule has 1 unspecified atom stereocenters. The van der Waals surface area contributed by atoms with Gasteiger partial charge in [-0.05, 0) is 83.7 Å². The maximum absolute atomic E-state index is 13.1. The predicted molar refractivity (Wildman–Crippen MR) is 102 cm³/mol. The van der Waals surface area contributed by atoms with Crippen molar-refractivity contribution in [2.75, 3.05) is 26.5 Å². The maximum atomic E-state index is 13.1. The van der Waals surface area contributed by atoms with E-state index in [0.717, 1.165) is 9.13 Å². The molecule has 0 amide bonds. The van der Waals surface area contributed by atoms with Crippen LogP contribution in [0.2, 0.25) is 0 Å². The van der Waals surface area contributed by atoms with Gasteiger partial charge in [-0.15, -0.1) is 0 Å². The van der Waals surface area contributed by atoms with E-state index < -0.39 is 20.1 Å². The average Bonchev–Trinajstić information content (AvgIpc) is 2.38. The van der Waals surface area contributed by atoms with Crippen molar-refractivity contribution < 1.29 is 18.2 Å². The third-order valence-electron chi connectivity index (χ3n) is 2.98. The Morgan fingerprint density at radius 3 is 2.27 bits per heavy atom. The van der Waals surface area contributed by atoms with Gasteiger partial charge in [0.15, 0.2) is 0 Å². The number of aromatic nitrogens is 1. The predicted octanol–water partition coefficient (Wildman–Crippen LogP) is 5.21. The minimum atomic E-state index is -3.47. The first-order valence-corrected chi connectivity index (χ1v) is 13.0. The van der Waals surface area contributed by atoms with Crippen LogP contribution in [0.3, 0.4) is 0 Å². The highest BCUT2D eigenvalue weighted by Crippen LogP contribution is 2.67. The SMILES string of the molecule is CCOP(=O)(OCC)C(Cc1cc(I)cnc1Br)P(C)(C)=O. The van der Waals surface area contributed by atoms with Crippen LogP contribution in [-0.2, 0) is 24.6 Å². The molecular formula is C13H21BrINO4P2. The highest BCUT2D eigenvalue weighted by Gasteiger charge is 2.43. The van der Waals surface area contributed by atoms with E-state index in [1.807, 2.05) is 6.07 Å². The Balaban J connectivity index is 3.26. The maximum Gasteiger partial charge on any atom is 0.341 e.